The molecule has 0 spiro atoms. The Morgan fingerprint density at radius 1 is 1.53 bits per heavy atom. The molecule has 0 radical (unpaired) electrons. The Labute approximate surface area is 114 Å². The van der Waals surface area contributed by atoms with E-state index < -0.39 is 0 Å². The maximum Gasteiger partial charge on any atom is 0.125 e. The largest absolute Gasteiger partial charge is 0.378 e. The lowest BCUT2D eigenvalue weighted by Crippen LogP contribution is -2.52. The van der Waals surface area contributed by atoms with E-state index in [1.807, 2.05) is 6.07 Å². The van der Waals surface area contributed by atoms with Gasteiger partial charge in [0.1, 0.15) is 5.82 Å². The van der Waals surface area contributed by atoms with Crippen LogP contribution in [0, 0.1) is 5.82 Å². The standard InChI is InChI=1S/C15H23FN2O/c1-2-4-14-10-15(11-17,7-8-19-14)18-13-6-3-5-12(16)9-13/h3,5-6,9,14,18H,2,4,7-8,10-11,17H2,1H3. The Hall–Kier alpha value is -1.13. The summed E-state index contributed by atoms with van der Waals surface area (Å²) in [7, 11) is 0. The van der Waals surface area contributed by atoms with Gasteiger partial charge < -0.3 is 15.8 Å². The summed E-state index contributed by atoms with van der Waals surface area (Å²) in [4.78, 5) is 0. The number of ether oxygens (including phenoxy) is 1. The second kappa shape index (κ2) is 6.35. The van der Waals surface area contributed by atoms with E-state index in [-0.39, 0.29) is 17.5 Å². The average Bonchev–Trinajstić information content (AvgIpc) is 2.39. The predicted molar refractivity (Wildman–Crippen MR) is 75.7 cm³/mol. The normalized spacial score (nSPS) is 27.2. The van der Waals surface area contributed by atoms with Crippen LogP contribution < -0.4 is 11.1 Å². The SMILES string of the molecule is CCCC1CC(CN)(Nc2cccc(F)c2)CCO1. The molecule has 0 saturated carbocycles. The van der Waals surface area contributed by atoms with E-state index in [0.29, 0.717) is 13.2 Å². The molecular weight excluding hydrogens is 243 g/mol. The number of rotatable bonds is 5. The lowest BCUT2D eigenvalue weighted by Gasteiger charge is -2.41. The molecule has 4 heteroatoms. The monoisotopic (exact) mass is 266 g/mol. The Bertz CT molecular complexity index is 411. The quantitative estimate of drug-likeness (QED) is 0.861. The van der Waals surface area contributed by atoms with Crippen molar-refractivity contribution in [2.75, 3.05) is 18.5 Å². The summed E-state index contributed by atoms with van der Waals surface area (Å²) in [6.45, 7) is 3.40. The number of benzene rings is 1. The minimum absolute atomic E-state index is 0.175. The molecule has 1 saturated heterocycles. The molecule has 1 aliphatic rings. The van der Waals surface area contributed by atoms with Gasteiger partial charge in [0.05, 0.1) is 11.6 Å². The number of halogens is 1. The maximum absolute atomic E-state index is 13.3. The minimum atomic E-state index is -0.227. The van der Waals surface area contributed by atoms with Crippen LogP contribution in [-0.2, 0) is 4.74 Å². The summed E-state index contributed by atoms with van der Waals surface area (Å²) in [6.07, 6.45) is 4.15. The van der Waals surface area contributed by atoms with Crippen LogP contribution in [0.2, 0.25) is 0 Å². The Morgan fingerprint density at radius 2 is 2.37 bits per heavy atom. The molecule has 1 aromatic rings. The van der Waals surface area contributed by atoms with Gasteiger partial charge in [-0.25, -0.2) is 4.39 Å². The maximum atomic E-state index is 13.3. The average molecular weight is 266 g/mol. The molecule has 0 amide bonds. The number of nitrogens with two attached hydrogens (primary N) is 1. The molecule has 1 heterocycles. The summed E-state index contributed by atoms with van der Waals surface area (Å²) in [6, 6.07) is 6.56. The molecule has 19 heavy (non-hydrogen) atoms. The van der Waals surface area contributed by atoms with Gasteiger partial charge in [-0.2, -0.15) is 0 Å². The first-order valence-electron chi connectivity index (χ1n) is 7.03. The van der Waals surface area contributed by atoms with E-state index in [1.54, 1.807) is 6.07 Å². The van der Waals surface area contributed by atoms with Gasteiger partial charge >= 0.3 is 0 Å². The van der Waals surface area contributed by atoms with Crippen molar-refractivity contribution in [2.45, 2.75) is 44.2 Å². The van der Waals surface area contributed by atoms with Crippen LogP contribution in [-0.4, -0.2) is 24.8 Å². The molecule has 2 unspecified atom stereocenters. The summed E-state index contributed by atoms with van der Waals surface area (Å²) >= 11 is 0. The van der Waals surface area contributed by atoms with Gasteiger partial charge in [0.15, 0.2) is 0 Å². The van der Waals surface area contributed by atoms with E-state index in [9.17, 15) is 4.39 Å². The Kier molecular flexibility index (Phi) is 4.77. The number of anilines is 1. The Balaban J connectivity index is 2.09. The van der Waals surface area contributed by atoms with Crippen molar-refractivity contribution >= 4 is 5.69 Å². The molecule has 2 atom stereocenters. The predicted octanol–water partition coefficient (Wildman–Crippen LogP) is 2.91. The van der Waals surface area contributed by atoms with E-state index in [1.165, 1.54) is 12.1 Å². The molecular formula is C15H23FN2O. The van der Waals surface area contributed by atoms with E-state index in [2.05, 4.69) is 12.2 Å². The molecule has 1 aromatic carbocycles. The van der Waals surface area contributed by atoms with Gasteiger partial charge in [-0.05, 0) is 37.5 Å². The van der Waals surface area contributed by atoms with E-state index in [4.69, 9.17) is 10.5 Å². The fourth-order valence-electron chi connectivity index (χ4n) is 2.75. The molecule has 2 rings (SSSR count). The molecule has 0 aliphatic carbocycles. The molecule has 0 bridgehead atoms. The molecule has 1 aliphatic heterocycles. The molecule has 0 aromatic heterocycles. The van der Waals surface area contributed by atoms with Crippen molar-refractivity contribution in [2.24, 2.45) is 5.73 Å². The van der Waals surface area contributed by atoms with Crippen molar-refractivity contribution in [3.63, 3.8) is 0 Å². The summed E-state index contributed by atoms with van der Waals surface area (Å²) < 4.78 is 19.0. The third kappa shape index (κ3) is 3.67. The first-order chi connectivity index (χ1) is 9.17. The zero-order valence-corrected chi connectivity index (χ0v) is 11.5. The van der Waals surface area contributed by atoms with Gasteiger partial charge in [0.25, 0.3) is 0 Å². The summed E-state index contributed by atoms with van der Waals surface area (Å²) in [5.41, 5.74) is 6.59. The third-order valence-electron chi connectivity index (χ3n) is 3.79. The van der Waals surface area contributed by atoms with Gasteiger partial charge in [-0.1, -0.05) is 19.4 Å². The molecule has 106 valence electrons. The second-order valence-electron chi connectivity index (χ2n) is 5.36. The molecule has 3 nitrogen and oxygen atoms in total. The Morgan fingerprint density at radius 3 is 3.05 bits per heavy atom. The highest BCUT2D eigenvalue weighted by Crippen LogP contribution is 2.30. The van der Waals surface area contributed by atoms with Gasteiger partial charge in [0.2, 0.25) is 0 Å². The first-order valence-corrected chi connectivity index (χ1v) is 7.03. The van der Waals surface area contributed by atoms with Crippen molar-refractivity contribution in [3.8, 4) is 0 Å². The first kappa shape index (κ1) is 14.3. The minimum Gasteiger partial charge on any atom is -0.378 e. The van der Waals surface area contributed by atoms with Crippen LogP contribution in [0.3, 0.4) is 0 Å². The van der Waals surface area contributed by atoms with Crippen LogP contribution in [0.4, 0.5) is 10.1 Å². The van der Waals surface area contributed by atoms with Crippen LogP contribution in [0.15, 0.2) is 24.3 Å². The number of hydrogen-bond acceptors (Lipinski definition) is 3. The van der Waals surface area contributed by atoms with Crippen molar-refractivity contribution in [1.82, 2.24) is 0 Å². The second-order valence-corrected chi connectivity index (χ2v) is 5.36. The lowest BCUT2D eigenvalue weighted by atomic mass is 9.85. The smallest absolute Gasteiger partial charge is 0.125 e. The number of nitrogens with one attached hydrogen (secondary N) is 1. The fourth-order valence-corrected chi connectivity index (χ4v) is 2.75. The highest BCUT2D eigenvalue weighted by molar-refractivity contribution is 5.46. The van der Waals surface area contributed by atoms with Gasteiger partial charge in [-0.15, -0.1) is 0 Å². The summed E-state index contributed by atoms with van der Waals surface area (Å²) in [5.74, 6) is -0.227. The van der Waals surface area contributed by atoms with Crippen LogP contribution in [0.5, 0.6) is 0 Å². The van der Waals surface area contributed by atoms with E-state index >= 15 is 0 Å². The summed E-state index contributed by atoms with van der Waals surface area (Å²) in [5, 5.41) is 3.43. The van der Waals surface area contributed by atoms with Crippen LogP contribution in [0.25, 0.3) is 0 Å². The highest BCUT2D eigenvalue weighted by atomic mass is 19.1. The van der Waals surface area contributed by atoms with Gasteiger partial charge in [-0.3, -0.25) is 0 Å². The van der Waals surface area contributed by atoms with Crippen molar-refractivity contribution in [1.29, 1.82) is 0 Å². The third-order valence-corrected chi connectivity index (χ3v) is 3.79. The molecule has 3 N–H and O–H groups in total. The van der Waals surface area contributed by atoms with Crippen LogP contribution >= 0.6 is 0 Å². The zero-order chi connectivity index (χ0) is 13.7. The zero-order valence-electron chi connectivity index (χ0n) is 11.5. The molecule has 1 fully saturated rings. The topological polar surface area (TPSA) is 47.3 Å². The van der Waals surface area contributed by atoms with Crippen molar-refractivity contribution in [3.05, 3.63) is 30.1 Å². The highest BCUT2D eigenvalue weighted by Gasteiger charge is 2.35. The van der Waals surface area contributed by atoms with Gasteiger partial charge in [0, 0.05) is 18.8 Å². The van der Waals surface area contributed by atoms with Crippen molar-refractivity contribution < 1.29 is 9.13 Å². The fraction of sp³-hybridized carbons (Fsp3) is 0.600. The van der Waals surface area contributed by atoms with Crippen LogP contribution in [0.1, 0.15) is 32.6 Å². The number of hydrogen-bond donors (Lipinski definition) is 2. The lowest BCUT2D eigenvalue weighted by molar-refractivity contribution is -0.0155. The van der Waals surface area contributed by atoms with E-state index in [0.717, 1.165) is 31.4 Å².